The molecule has 1 aromatic heterocycles. The number of nitrogens with zero attached hydrogens (tertiary/aromatic N) is 2. The van der Waals surface area contributed by atoms with Crippen LogP contribution in [0.2, 0.25) is 15.2 Å². The molecule has 0 aliphatic rings. The molecule has 0 spiro atoms. The van der Waals surface area contributed by atoms with E-state index < -0.39 is 0 Å². The molecule has 0 bridgehead atoms. The minimum Gasteiger partial charge on any atom is -0.344 e. The number of aromatic nitrogens is 2. The molecular formula is C13H10Cl3N3O. The zero-order valence-corrected chi connectivity index (χ0v) is 12.7. The Balaban J connectivity index is 2.15. The molecule has 0 saturated carbocycles. The molecule has 0 radical (unpaired) electrons. The summed E-state index contributed by atoms with van der Waals surface area (Å²) in [6.45, 7) is 1.81. The molecule has 1 N–H and O–H groups in total. The Bertz CT molecular complexity index is 649. The number of benzene rings is 1. The smallest absolute Gasteiger partial charge is 0.272 e. The first-order valence-corrected chi connectivity index (χ1v) is 6.84. The molecule has 0 fully saturated rings. The molecule has 4 nitrogen and oxygen atoms in total. The molecule has 0 saturated heterocycles. The zero-order chi connectivity index (χ0) is 14.7. The number of halogens is 3. The van der Waals surface area contributed by atoms with Crippen molar-refractivity contribution in [2.75, 3.05) is 0 Å². The molecule has 2 rings (SSSR count). The van der Waals surface area contributed by atoms with Crippen molar-refractivity contribution in [1.29, 1.82) is 0 Å². The average molecular weight is 331 g/mol. The third kappa shape index (κ3) is 3.60. The maximum absolute atomic E-state index is 12.0. The Kier molecular flexibility index (Phi) is 4.81. The van der Waals surface area contributed by atoms with Gasteiger partial charge >= 0.3 is 0 Å². The van der Waals surface area contributed by atoms with Crippen LogP contribution in [0.15, 0.2) is 30.6 Å². The van der Waals surface area contributed by atoms with E-state index >= 15 is 0 Å². The quantitative estimate of drug-likeness (QED) is 0.927. The van der Waals surface area contributed by atoms with Gasteiger partial charge in [0.05, 0.1) is 18.4 Å². The van der Waals surface area contributed by atoms with Gasteiger partial charge in [0.15, 0.2) is 0 Å². The molecule has 20 heavy (non-hydrogen) atoms. The molecule has 0 aliphatic carbocycles. The van der Waals surface area contributed by atoms with Crippen LogP contribution in [0, 0.1) is 0 Å². The Morgan fingerprint density at radius 1 is 1.25 bits per heavy atom. The minimum absolute atomic E-state index is 0.148. The molecule has 7 heteroatoms. The van der Waals surface area contributed by atoms with Gasteiger partial charge in [0, 0.05) is 10.0 Å². The summed E-state index contributed by atoms with van der Waals surface area (Å²) in [7, 11) is 0. The number of hydrogen-bond acceptors (Lipinski definition) is 3. The Morgan fingerprint density at radius 2 is 2.00 bits per heavy atom. The van der Waals surface area contributed by atoms with Crippen molar-refractivity contribution >= 4 is 40.7 Å². The standard InChI is InChI=1S/C13H10Cl3N3O/c1-7(9-3-2-8(14)4-10(9)15)18-13(20)11-5-17-6-12(16)19-11/h2-7H,1H3,(H,18,20). The number of nitrogens with one attached hydrogen (secondary N) is 1. The highest BCUT2D eigenvalue weighted by Gasteiger charge is 2.15. The fourth-order valence-electron chi connectivity index (χ4n) is 1.65. The first-order valence-electron chi connectivity index (χ1n) is 5.70. The molecule has 0 aliphatic heterocycles. The van der Waals surface area contributed by atoms with E-state index in [1.165, 1.54) is 12.4 Å². The van der Waals surface area contributed by atoms with Crippen LogP contribution >= 0.6 is 34.8 Å². The van der Waals surface area contributed by atoms with Crippen molar-refractivity contribution in [3.63, 3.8) is 0 Å². The lowest BCUT2D eigenvalue weighted by molar-refractivity contribution is 0.0934. The Labute approximate surface area is 131 Å². The van der Waals surface area contributed by atoms with Gasteiger partial charge in [0.25, 0.3) is 5.91 Å². The monoisotopic (exact) mass is 329 g/mol. The van der Waals surface area contributed by atoms with Crippen molar-refractivity contribution < 1.29 is 4.79 Å². The van der Waals surface area contributed by atoms with Gasteiger partial charge in [-0.25, -0.2) is 4.98 Å². The SMILES string of the molecule is CC(NC(=O)c1cncc(Cl)n1)c1ccc(Cl)cc1Cl. The van der Waals surface area contributed by atoms with Gasteiger partial charge in [-0.1, -0.05) is 40.9 Å². The van der Waals surface area contributed by atoms with Gasteiger partial charge in [-0.15, -0.1) is 0 Å². The fourth-order valence-corrected chi connectivity index (χ4v) is 2.37. The Morgan fingerprint density at radius 3 is 2.65 bits per heavy atom. The van der Waals surface area contributed by atoms with Gasteiger partial charge in [-0.05, 0) is 24.6 Å². The van der Waals surface area contributed by atoms with E-state index in [0.717, 1.165) is 5.56 Å². The number of amides is 1. The average Bonchev–Trinajstić information content (AvgIpc) is 2.38. The van der Waals surface area contributed by atoms with Crippen LogP contribution < -0.4 is 5.32 Å². The molecule has 1 aromatic carbocycles. The van der Waals surface area contributed by atoms with Gasteiger partial charge in [0.2, 0.25) is 0 Å². The molecule has 2 aromatic rings. The maximum atomic E-state index is 12.0. The maximum Gasteiger partial charge on any atom is 0.272 e. The van der Waals surface area contributed by atoms with E-state index in [-0.39, 0.29) is 22.8 Å². The lowest BCUT2D eigenvalue weighted by atomic mass is 10.1. The summed E-state index contributed by atoms with van der Waals surface area (Å²) in [6, 6.07) is 4.80. The highest BCUT2D eigenvalue weighted by atomic mass is 35.5. The van der Waals surface area contributed by atoms with Crippen LogP contribution in [0.5, 0.6) is 0 Å². The highest BCUT2D eigenvalue weighted by Crippen LogP contribution is 2.26. The minimum atomic E-state index is -0.376. The summed E-state index contributed by atoms with van der Waals surface area (Å²) < 4.78 is 0. The van der Waals surface area contributed by atoms with Crippen LogP contribution in [0.4, 0.5) is 0 Å². The van der Waals surface area contributed by atoms with Gasteiger partial charge in [-0.2, -0.15) is 0 Å². The topological polar surface area (TPSA) is 54.9 Å². The van der Waals surface area contributed by atoms with Crippen LogP contribution in [-0.4, -0.2) is 15.9 Å². The van der Waals surface area contributed by atoms with E-state index in [1.807, 2.05) is 6.92 Å². The largest absolute Gasteiger partial charge is 0.344 e. The normalized spacial score (nSPS) is 12.0. The number of rotatable bonds is 3. The van der Waals surface area contributed by atoms with Crippen LogP contribution in [-0.2, 0) is 0 Å². The second kappa shape index (κ2) is 6.39. The second-order valence-electron chi connectivity index (χ2n) is 4.09. The first kappa shape index (κ1) is 15.0. The van der Waals surface area contributed by atoms with E-state index in [9.17, 15) is 4.79 Å². The molecule has 104 valence electrons. The summed E-state index contributed by atoms with van der Waals surface area (Å²) in [5.41, 5.74) is 0.911. The summed E-state index contributed by atoms with van der Waals surface area (Å²) in [5, 5.41) is 3.96. The van der Waals surface area contributed by atoms with E-state index in [1.54, 1.807) is 18.2 Å². The third-order valence-corrected chi connectivity index (χ3v) is 3.36. The van der Waals surface area contributed by atoms with Crippen molar-refractivity contribution in [2.24, 2.45) is 0 Å². The highest BCUT2D eigenvalue weighted by molar-refractivity contribution is 6.35. The number of carbonyl (C=O) groups excluding carboxylic acids is 1. The summed E-state index contributed by atoms with van der Waals surface area (Å²) in [6.07, 6.45) is 2.70. The lowest BCUT2D eigenvalue weighted by Gasteiger charge is -2.15. The van der Waals surface area contributed by atoms with Crippen molar-refractivity contribution in [3.05, 3.63) is 57.0 Å². The molecular weight excluding hydrogens is 321 g/mol. The zero-order valence-electron chi connectivity index (χ0n) is 10.4. The van der Waals surface area contributed by atoms with Gasteiger partial charge in [-0.3, -0.25) is 9.78 Å². The van der Waals surface area contributed by atoms with Gasteiger partial charge < -0.3 is 5.32 Å². The summed E-state index contributed by atoms with van der Waals surface area (Å²) in [5.74, 6) is -0.376. The molecule has 1 unspecified atom stereocenters. The van der Waals surface area contributed by atoms with Gasteiger partial charge in [0.1, 0.15) is 10.8 Å². The van der Waals surface area contributed by atoms with E-state index in [4.69, 9.17) is 34.8 Å². The third-order valence-electron chi connectivity index (χ3n) is 2.61. The summed E-state index contributed by atoms with van der Waals surface area (Å²) >= 11 is 17.6. The Hall–Kier alpha value is -1.36. The van der Waals surface area contributed by atoms with Crippen LogP contribution in [0.25, 0.3) is 0 Å². The van der Waals surface area contributed by atoms with Crippen molar-refractivity contribution in [2.45, 2.75) is 13.0 Å². The number of carbonyl (C=O) groups is 1. The lowest BCUT2D eigenvalue weighted by Crippen LogP contribution is -2.27. The molecule has 1 heterocycles. The fraction of sp³-hybridized carbons (Fsp3) is 0.154. The predicted octanol–water partition coefficient (Wildman–Crippen LogP) is 3.93. The van der Waals surface area contributed by atoms with Crippen LogP contribution in [0.1, 0.15) is 29.0 Å². The van der Waals surface area contributed by atoms with E-state index in [0.29, 0.717) is 10.0 Å². The van der Waals surface area contributed by atoms with E-state index in [2.05, 4.69) is 15.3 Å². The van der Waals surface area contributed by atoms with Crippen molar-refractivity contribution in [1.82, 2.24) is 15.3 Å². The first-order chi connectivity index (χ1) is 9.47. The number of hydrogen-bond donors (Lipinski definition) is 1. The predicted molar refractivity (Wildman–Crippen MR) is 79.4 cm³/mol. The van der Waals surface area contributed by atoms with Crippen LogP contribution in [0.3, 0.4) is 0 Å². The second-order valence-corrected chi connectivity index (χ2v) is 5.32. The molecule has 1 amide bonds. The molecule has 1 atom stereocenters. The summed E-state index contributed by atoms with van der Waals surface area (Å²) in [4.78, 5) is 19.7. The van der Waals surface area contributed by atoms with Crippen molar-refractivity contribution in [3.8, 4) is 0 Å².